The van der Waals surface area contributed by atoms with Gasteiger partial charge in [-0.3, -0.25) is 9.59 Å². The van der Waals surface area contributed by atoms with Crippen molar-refractivity contribution in [3.8, 4) is 5.69 Å². The maximum Gasteiger partial charge on any atom is 0.332 e. The number of fused-ring (bicyclic) bond motifs is 1. The fraction of sp³-hybridized carbons (Fsp3) is 0.538. The van der Waals surface area contributed by atoms with Crippen molar-refractivity contribution < 1.29 is 23.9 Å². The van der Waals surface area contributed by atoms with Crippen LogP contribution in [0.3, 0.4) is 0 Å². The van der Waals surface area contributed by atoms with Gasteiger partial charge in [-0.2, -0.15) is 5.10 Å². The second kappa shape index (κ2) is 9.81. The molecule has 1 aromatic carbocycles. The Labute approximate surface area is 205 Å². The topological polar surface area (TPSA) is 126 Å². The number of methoxy groups -OCH3 is 1. The molecule has 0 bridgehead atoms. The smallest absolute Gasteiger partial charge is 0.332 e. The first kappa shape index (κ1) is 24.9. The predicted molar refractivity (Wildman–Crippen MR) is 131 cm³/mol. The van der Waals surface area contributed by atoms with E-state index in [0.717, 1.165) is 49.2 Å². The number of carbonyl (C=O) groups excluding carboxylic acids is 3. The molecule has 0 saturated heterocycles. The van der Waals surface area contributed by atoms with Crippen LogP contribution in [0, 0.1) is 12.3 Å². The second-order valence-corrected chi connectivity index (χ2v) is 10.4. The van der Waals surface area contributed by atoms with Gasteiger partial charge in [0.15, 0.2) is 5.78 Å². The van der Waals surface area contributed by atoms with E-state index < -0.39 is 5.91 Å². The summed E-state index contributed by atoms with van der Waals surface area (Å²) in [6.45, 7) is 5.99. The summed E-state index contributed by atoms with van der Waals surface area (Å²) in [5, 5.41) is 8.16. The average molecular weight is 483 g/mol. The highest BCUT2D eigenvalue weighted by Crippen LogP contribution is 2.37. The van der Waals surface area contributed by atoms with Gasteiger partial charge >= 0.3 is 5.97 Å². The normalized spacial score (nSPS) is 21.3. The van der Waals surface area contributed by atoms with Crippen molar-refractivity contribution in [2.75, 3.05) is 19.0 Å². The molecule has 188 valence electrons. The van der Waals surface area contributed by atoms with Gasteiger partial charge in [0.1, 0.15) is 12.7 Å². The zero-order valence-electron chi connectivity index (χ0n) is 20.8. The van der Waals surface area contributed by atoms with Crippen LogP contribution in [0.25, 0.3) is 5.69 Å². The van der Waals surface area contributed by atoms with Gasteiger partial charge in [0.05, 0.1) is 28.2 Å². The summed E-state index contributed by atoms with van der Waals surface area (Å²) in [4.78, 5) is 36.7. The number of aryl methyl sites for hydroxylation is 1. The molecular weight excluding hydrogens is 448 g/mol. The summed E-state index contributed by atoms with van der Waals surface area (Å²) < 4.78 is 12.1. The van der Waals surface area contributed by atoms with Crippen molar-refractivity contribution in [3.05, 3.63) is 40.7 Å². The Bertz CT molecular complexity index is 1140. The lowest BCUT2D eigenvalue weighted by molar-refractivity contribution is -0.154. The number of carbonyl (C=O) groups is 3. The van der Waals surface area contributed by atoms with Gasteiger partial charge in [0.25, 0.3) is 5.91 Å². The van der Waals surface area contributed by atoms with Crippen molar-refractivity contribution in [1.82, 2.24) is 9.78 Å². The molecule has 35 heavy (non-hydrogen) atoms. The fourth-order valence-electron chi connectivity index (χ4n) is 5.23. The van der Waals surface area contributed by atoms with Crippen LogP contribution in [0.15, 0.2) is 18.2 Å². The first-order valence-corrected chi connectivity index (χ1v) is 12.1. The molecule has 0 unspecified atom stereocenters. The maximum absolute atomic E-state index is 12.8. The Morgan fingerprint density at radius 3 is 2.57 bits per heavy atom. The van der Waals surface area contributed by atoms with Crippen LogP contribution in [0.2, 0.25) is 0 Å². The molecule has 2 aromatic rings. The summed E-state index contributed by atoms with van der Waals surface area (Å²) in [6.07, 6.45) is 4.13. The van der Waals surface area contributed by atoms with Crippen molar-refractivity contribution in [2.45, 2.75) is 71.4 Å². The molecule has 9 heteroatoms. The molecule has 2 aliphatic rings. The minimum absolute atomic E-state index is 0.0493. The molecule has 9 nitrogen and oxygen atoms in total. The van der Waals surface area contributed by atoms with E-state index in [9.17, 15) is 14.4 Å². The van der Waals surface area contributed by atoms with E-state index in [1.807, 2.05) is 23.7 Å². The van der Waals surface area contributed by atoms with Crippen LogP contribution in [0.4, 0.5) is 5.69 Å². The fourth-order valence-corrected chi connectivity index (χ4v) is 5.23. The molecule has 3 N–H and O–H groups in total. The van der Waals surface area contributed by atoms with Gasteiger partial charge in [-0.15, -0.1) is 0 Å². The SMILES string of the molecule is COCC(=O)O[C@H]1CC[C@H](Nc2cc(-n3nc(C)c4c3CC(C)(C)CC4=O)ccc2C(N)=O)CC1. The van der Waals surface area contributed by atoms with Crippen molar-refractivity contribution >= 4 is 23.3 Å². The molecule has 0 radical (unpaired) electrons. The lowest BCUT2D eigenvalue weighted by atomic mass is 9.75. The number of ketones is 1. The van der Waals surface area contributed by atoms with Gasteiger partial charge < -0.3 is 20.5 Å². The predicted octanol–water partition coefficient (Wildman–Crippen LogP) is 3.35. The number of hydrogen-bond acceptors (Lipinski definition) is 7. The number of Topliss-reactive ketones (excluding diaryl/α,β-unsaturated/α-hetero) is 1. The summed E-state index contributed by atoms with van der Waals surface area (Å²) in [5.41, 5.74) is 9.66. The minimum Gasteiger partial charge on any atom is -0.461 e. The number of hydrogen-bond donors (Lipinski definition) is 2. The lowest BCUT2D eigenvalue weighted by Gasteiger charge is -2.30. The number of rotatable bonds is 7. The zero-order valence-corrected chi connectivity index (χ0v) is 20.8. The van der Waals surface area contributed by atoms with Crippen molar-refractivity contribution in [2.24, 2.45) is 11.1 Å². The van der Waals surface area contributed by atoms with Crippen molar-refractivity contribution in [3.63, 3.8) is 0 Å². The van der Waals surface area contributed by atoms with Gasteiger partial charge in [0.2, 0.25) is 0 Å². The first-order chi connectivity index (χ1) is 16.6. The average Bonchev–Trinajstić information content (AvgIpc) is 3.10. The van der Waals surface area contributed by atoms with Crippen LogP contribution in [0.5, 0.6) is 0 Å². The molecule has 1 aromatic heterocycles. The molecular formula is C26H34N4O5. The third kappa shape index (κ3) is 5.40. The van der Waals surface area contributed by atoms with Gasteiger partial charge in [-0.25, -0.2) is 9.48 Å². The minimum atomic E-state index is -0.517. The summed E-state index contributed by atoms with van der Waals surface area (Å²) in [5.74, 6) is -0.751. The third-order valence-corrected chi connectivity index (χ3v) is 6.83. The molecule has 1 saturated carbocycles. The van der Waals surface area contributed by atoms with E-state index in [1.165, 1.54) is 7.11 Å². The standard InChI is InChI=1S/C26H34N4O5/c1-15-24-21(12-26(2,3)13-22(24)31)30(29-15)17-7-10-19(25(27)33)20(11-17)28-16-5-8-18(9-6-16)35-23(32)14-34-4/h7,10-11,16,18,28H,5-6,8-9,12-14H2,1-4H3,(H2,27,33)/t16-,18-. The molecule has 0 spiro atoms. The number of nitrogens with zero attached hydrogens (tertiary/aromatic N) is 2. The highest BCUT2D eigenvalue weighted by Gasteiger charge is 2.36. The van der Waals surface area contributed by atoms with E-state index in [-0.39, 0.29) is 35.9 Å². The van der Waals surface area contributed by atoms with E-state index in [4.69, 9.17) is 15.2 Å². The summed E-state index contributed by atoms with van der Waals surface area (Å²) in [7, 11) is 1.46. The second-order valence-electron chi connectivity index (χ2n) is 10.4. The number of amides is 1. The van der Waals surface area contributed by atoms with Gasteiger partial charge in [-0.1, -0.05) is 13.8 Å². The van der Waals surface area contributed by atoms with Crippen LogP contribution >= 0.6 is 0 Å². The molecule has 0 atom stereocenters. The van der Waals surface area contributed by atoms with E-state index in [2.05, 4.69) is 24.3 Å². The Kier molecular flexibility index (Phi) is 6.98. The summed E-state index contributed by atoms with van der Waals surface area (Å²) in [6, 6.07) is 5.51. The van der Waals surface area contributed by atoms with E-state index in [1.54, 1.807) is 6.07 Å². The lowest BCUT2D eigenvalue weighted by Crippen LogP contribution is -2.32. The van der Waals surface area contributed by atoms with Crippen LogP contribution in [-0.4, -0.2) is 53.3 Å². The number of nitrogens with one attached hydrogen (secondary N) is 1. The molecule has 4 rings (SSSR count). The first-order valence-electron chi connectivity index (χ1n) is 12.1. The van der Waals surface area contributed by atoms with Crippen molar-refractivity contribution in [1.29, 1.82) is 0 Å². The quantitative estimate of drug-likeness (QED) is 0.580. The van der Waals surface area contributed by atoms with Gasteiger partial charge in [0, 0.05) is 25.3 Å². The number of benzene rings is 1. The molecule has 1 amide bonds. The number of ether oxygens (including phenoxy) is 2. The van der Waals surface area contributed by atoms with Crippen LogP contribution in [-0.2, 0) is 20.7 Å². The Hall–Kier alpha value is -3.20. The molecule has 1 fully saturated rings. The van der Waals surface area contributed by atoms with Gasteiger partial charge in [-0.05, 0) is 62.6 Å². The van der Waals surface area contributed by atoms with Crippen LogP contribution in [0.1, 0.15) is 78.1 Å². The zero-order chi connectivity index (χ0) is 25.3. The Balaban J connectivity index is 1.57. The largest absolute Gasteiger partial charge is 0.461 e. The number of primary amides is 1. The molecule has 2 aliphatic carbocycles. The number of aromatic nitrogens is 2. The highest BCUT2D eigenvalue weighted by atomic mass is 16.6. The number of esters is 1. The summed E-state index contributed by atoms with van der Waals surface area (Å²) >= 11 is 0. The number of nitrogens with two attached hydrogens (primary N) is 1. The Morgan fingerprint density at radius 1 is 1.20 bits per heavy atom. The monoisotopic (exact) mass is 482 g/mol. The van der Waals surface area contributed by atoms with E-state index >= 15 is 0 Å². The molecule has 0 aliphatic heterocycles. The maximum atomic E-state index is 12.8. The Morgan fingerprint density at radius 2 is 1.91 bits per heavy atom. The van der Waals surface area contributed by atoms with E-state index in [0.29, 0.717) is 23.2 Å². The highest BCUT2D eigenvalue weighted by molar-refractivity contribution is 6.00. The third-order valence-electron chi connectivity index (χ3n) is 6.83. The molecule has 1 heterocycles. The number of anilines is 1. The van der Waals surface area contributed by atoms with Crippen LogP contribution < -0.4 is 11.1 Å².